The molecule has 1 heterocycles. The maximum absolute atomic E-state index is 2.46. The third-order valence-electron chi connectivity index (χ3n) is 5.38. The third kappa shape index (κ3) is 3.39. The Morgan fingerprint density at radius 2 is 1.46 bits per heavy atom. The summed E-state index contributed by atoms with van der Waals surface area (Å²) in [5, 5.41) is 4.10. The smallest absolute Gasteiger partial charge is 0.0483 e. The first-order chi connectivity index (χ1) is 12.9. The summed E-state index contributed by atoms with van der Waals surface area (Å²) in [6.07, 6.45) is 8.59. The molecule has 3 aromatic carbocycles. The highest BCUT2D eigenvalue weighted by Gasteiger charge is 2.10. The van der Waals surface area contributed by atoms with E-state index >= 15 is 0 Å². The van der Waals surface area contributed by atoms with Crippen LogP contribution in [0.3, 0.4) is 0 Å². The van der Waals surface area contributed by atoms with E-state index in [0.717, 1.165) is 13.0 Å². The average molecular weight is 341 g/mol. The van der Waals surface area contributed by atoms with Crippen LogP contribution in [0.4, 0.5) is 0 Å². The quantitative estimate of drug-likeness (QED) is 0.320. The van der Waals surface area contributed by atoms with Crippen molar-refractivity contribution in [3.63, 3.8) is 0 Å². The van der Waals surface area contributed by atoms with Gasteiger partial charge < -0.3 is 4.57 Å². The number of rotatable bonds is 7. The Morgan fingerprint density at radius 3 is 2.35 bits per heavy atom. The number of aromatic nitrogens is 1. The molecule has 132 valence electrons. The minimum absolute atomic E-state index is 0.990. The lowest BCUT2D eigenvalue weighted by Crippen LogP contribution is -1.96. The van der Waals surface area contributed by atoms with Crippen molar-refractivity contribution < 1.29 is 0 Å². The van der Waals surface area contributed by atoms with Crippen molar-refractivity contribution in [1.82, 2.24) is 4.57 Å². The summed E-state index contributed by atoms with van der Waals surface area (Å²) in [4.78, 5) is 0. The maximum atomic E-state index is 2.46. The largest absolute Gasteiger partial charge is 0.347 e. The van der Waals surface area contributed by atoms with E-state index in [9.17, 15) is 0 Å². The lowest BCUT2D eigenvalue weighted by Gasteiger charge is -2.06. The summed E-state index contributed by atoms with van der Waals surface area (Å²) in [7, 11) is 0. The first kappa shape index (κ1) is 16.9. The minimum atomic E-state index is 0.990. The average Bonchev–Trinajstić information content (AvgIpc) is 3.03. The Hall–Kier alpha value is -2.54. The zero-order valence-corrected chi connectivity index (χ0v) is 15.6. The highest BCUT2D eigenvalue weighted by atomic mass is 15.0. The number of hydrogen-bond donors (Lipinski definition) is 0. The van der Waals surface area contributed by atoms with Crippen LogP contribution in [-0.4, -0.2) is 4.57 Å². The van der Waals surface area contributed by atoms with Crippen LogP contribution in [-0.2, 0) is 13.0 Å². The molecule has 0 saturated heterocycles. The molecule has 1 nitrogen and oxygen atoms in total. The van der Waals surface area contributed by atoms with Crippen LogP contribution in [0.5, 0.6) is 0 Å². The molecule has 0 unspecified atom stereocenters. The molecule has 4 rings (SSSR count). The summed E-state index contributed by atoms with van der Waals surface area (Å²) >= 11 is 0. The van der Waals surface area contributed by atoms with E-state index in [2.05, 4.69) is 84.4 Å². The van der Waals surface area contributed by atoms with Gasteiger partial charge in [-0.05, 0) is 34.4 Å². The van der Waals surface area contributed by atoms with Crippen LogP contribution in [0.25, 0.3) is 21.7 Å². The van der Waals surface area contributed by atoms with Gasteiger partial charge in [-0.25, -0.2) is 0 Å². The molecule has 0 bridgehead atoms. The minimum Gasteiger partial charge on any atom is -0.347 e. The monoisotopic (exact) mass is 341 g/mol. The highest BCUT2D eigenvalue weighted by Crippen LogP contribution is 2.27. The second-order valence-electron chi connectivity index (χ2n) is 7.24. The van der Waals surface area contributed by atoms with Crippen molar-refractivity contribution in [2.45, 2.75) is 45.6 Å². The Labute approximate surface area is 156 Å². The molecule has 0 saturated carbocycles. The van der Waals surface area contributed by atoms with Gasteiger partial charge in [0.15, 0.2) is 0 Å². The highest BCUT2D eigenvalue weighted by molar-refractivity contribution is 5.88. The molecule has 0 aliphatic rings. The number of fused-ring (bicyclic) bond motifs is 2. The van der Waals surface area contributed by atoms with E-state index in [1.165, 1.54) is 58.5 Å². The fourth-order valence-corrected chi connectivity index (χ4v) is 4.01. The van der Waals surface area contributed by atoms with Crippen molar-refractivity contribution >= 4 is 21.7 Å². The molecular formula is C25H27N. The second kappa shape index (κ2) is 7.78. The van der Waals surface area contributed by atoms with E-state index in [-0.39, 0.29) is 0 Å². The number of nitrogens with zero attached hydrogens (tertiary/aromatic N) is 1. The first-order valence-corrected chi connectivity index (χ1v) is 9.90. The number of benzene rings is 3. The van der Waals surface area contributed by atoms with Crippen LogP contribution < -0.4 is 0 Å². The van der Waals surface area contributed by atoms with E-state index in [0.29, 0.717) is 0 Å². The fourth-order valence-electron chi connectivity index (χ4n) is 4.01. The van der Waals surface area contributed by atoms with Crippen molar-refractivity contribution in [1.29, 1.82) is 0 Å². The molecule has 0 spiro atoms. The molecule has 26 heavy (non-hydrogen) atoms. The van der Waals surface area contributed by atoms with E-state index in [1.807, 2.05) is 0 Å². The second-order valence-corrected chi connectivity index (χ2v) is 7.24. The zero-order valence-electron chi connectivity index (χ0n) is 15.6. The van der Waals surface area contributed by atoms with Crippen molar-refractivity contribution in [3.05, 3.63) is 84.1 Å². The Kier molecular flexibility index (Phi) is 5.06. The molecule has 1 aromatic heterocycles. The molecule has 0 fully saturated rings. The molecule has 0 amide bonds. The van der Waals surface area contributed by atoms with Gasteiger partial charge in [0.2, 0.25) is 0 Å². The Bertz CT molecular complexity index is 1000. The lowest BCUT2D eigenvalue weighted by molar-refractivity contribution is 0.593. The Balaban J connectivity index is 1.68. The predicted octanol–water partition coefficient (Wildman–Crippen LogP) is 6.97. The first-order valence-electron chi connectivity index (χ1n) is 9.90. The van der Waals surface area contributed by atoms with Crippen LogP contribution >= 0.6 is 0 Å². The fraction of sp³-hybridized carbons (Fsp3) is 0.280. The van der Waals surface area contributed by atoms with Crippen LogP contribution in [0.15, 0.2) is 72.9 Å². The maximum Gasteiger partial charge on any atom is 0.0483 e. The standard InChI is InChI=1S/C25H27N/c1-2-3-4-9-17-26-19-22(24-15-7-8-16-25(24)26)18-21-13-10-12-20-11-5-6-14-23(20)21/h5-8,10-16,19H,2-4,9,17-18H2,1H3. The Morgan fingerprint density at radius 1 is 0.692 bits per heavy atom. The summed E-state index contributed by atoms with van der Waals surface area (Å²) in [6.45, 7) is 3.39. The van der Waals surface area contributed by atoms with Gasteiger partial charge in [0.05, 0.1) is 0 Å². The third-order valence-corrected chi connectivity index (χ3v) is 5.38. The lowest BCUT2D eigenvalue weighted by atomic mass is 9.98. The zero-order chi connectivity index (χ0) is 17.8. The van der Waals surface area contributed by atoms with E-state index < -0.39 is 0 Å². The molecule has 4 aromatic rings. The van der Waals surface area contributed by atoms with Crippen molar-refractivity contribution in [2.24, 2.45) is 0 Å². The molecule has 0 atom stereocenters. The van der Waals surface area contributed by atoms with E-state index in [4.69, 9.17) is 0 Å². The number of unbranched alkanes of at least 4 members (excludes halogenated alkanes) is 3. The molecule has 0 radical (unpaired) electrons. The normalized spacial score (nSPS) is 11.4. The van der Waals surface area contributed by atoms with Gasteiger partial charge in [-0.2, -0.15) is 0 Å². The van der Waals surface area contributed by atoms with Gasteiger partial charge in [0.25, 0.3) is 0 Å². The number of para-hydroxylation sites is 1. The van der Waals surface area contributed by atoms with E-state index in [1.54, 1.807) is 0 Å². The molecule has 0 aliphatic heterocycles. The summed E-state index contributed by atoms with van der Waals surface area (Å²) in [6, 6.07) is 24.2. The van der Waals surface area contributed by atoms with Gasteiger partial charge in [-0.1, -0.05) is 86.8 Å². The number of hydrogen-bond acceptors (Lipinski definition) is 0. The van der Waals surface area contributed by atoms with Crippen molar-refractivity contribution in [3.8, 4) is 0 Å². The SMILES string of the molecule is CCCCCCn1cc(Cc2cccc3ccccc23)c2ccccc21. The van der Waals surface area contributed by atoms with Crippen LogP contribution in [0.2, 0.25) is 0 Å². The van der Waals surface area contributed by atoms with Crippen LogP contribution in [0, 0.1) is 0 Å². The van der Waals surface area contributed by atoms with Crippen molar-refractivity contribution in [2.75, 3.05) is 0 Å². The number of aryl methyl sites for hydroxylation is 1. The van der Waals surface area contributed by atoms with Gasteiger partial charge in [-0.15, -0.1) is 0 Å². The molecule has 1 heteroatoms. The van der Waals surface area contributed by atoms with Gasteiger partial charge in [0.1, 0.15) is 0 Å². The van der Waals surface area contributed by atoms with Gasteiger partial charge >= 0.3 is 0 Å². The topological polar surface area (TPSA) is 4.93 Å². The summed E-state index contributed by atoms with van der Waals surface area (Å²) < 4.78 is 2.46. The van der Waals surface area contributed by atoms with Gasteiger partial charge in [0, 0.05) is 30.1 Å². The molecule has 0 N–H and O–H groups in total. The molecule has 0 aliphatic carbocycles. The van der Waals surface area contributed by atoms with Crippen LogP contribution in [0.1, 0.15) is 43.7 Å². The summed E-state index contributed by atoms with van der Waals surface area (Å²) in [5.41, 5.74) is 4.23. The predicted molar refractivity (Wildman–Crippen MR) is 113 cm³/mol. The summed E-state index contributed by atoms with van der Waals surface area (Å²) in [5.74, 6) is 0. The molecular weight excluding hydrogens is 314 g/mol. The van der Waals surface area contributed by atoms with Gasteiger partial charge in [-0.3, -0.25) is 0 Å².